The van der Waals surface area contributed by atoms with Gasteiger partial charge >= 0.3 is 0 Å². The van der Waals surface area contributed by atoms with E-state index in [0.29, 0.717) is 17.8 Å². The number of hydrogen-bond donors (Lipinski definition) is 2. The molecule has 0 fully saturated rings. The monoisotopic (exact) mass is 256 g/mol. The van der Waals surface area contributed by atoms with Gasteiger partial charge in [-0.1, -0.05) is 12.1 Å². The molecule has 98 valence electrons. The van der Waals surface area contributed by atoms with E-state index in [2.05, 4.69) is 0 Å². The average molecular weight is 256 g/mol. The lowest BCUT2D eigenvalue weighted by molar-refractivity contribution is 0.0785. The minimum Gasteiger partial charge on any atom is -0.508 e. The predicted molar refractivity (Wildman–Crippen MR) is 74.8 cm³/mol. The number of hydrogen-bond acceptors (Lipinski definition) is 3. The number of phenols is 1. The maximum atomic E-state index is 12.2. The van der Waals surface area contributed by atoms with E-state index in [0.717, 1.165) is 5.56 Å². The molecule has 0 unspecified atom stereocenters. The summed E-state index contributed by atoms with van der Waals surface area (Å²) < 4.78 is 0. The van der Waals surface area contributed by atoms with Crippen molar-refractivity contribution in [2.45, 2.75) is 6.54 Å². The van der Waals surface area contributed by atoms with E-state index in [1.54, 1.807) is 54.4 Å². The summed E-state index contributed by atoms with van der Waals surface area (Å²) in [6.07, 6.45) is 0. The molecule has 0 aliphatic rings. The van der Waals surface area contributed by atoms with Gasteiger partial charge in [-0.2, -0.15) is 0 Å². The largest absolute Gasteiger partial charge is 0.508 e. The van der Waals surface area contributed by atoms with E-state index in [9.17, 15) is 9.90 Å². The SMILES string of the molecule is CN(Cc1cccc(O)c1)C(=O)c1ccc(N)cc1. The first-order valence-electron chi connectivity index (χ1n) is 5.95. The van der Waals surface area contributed by atoms with Crippen molar-refractivity contribution >= 4 is 11.6 Å². The fraction of sp³-hybridized carbons (Fsp3) is 0.133. The Bertz CT molecular complexity index is 579. The Balaban J connectivity index is 2.09. The first-order chi connectivity index (χ1) is 9.06. The van der Waals surface area contributed by atoms with Crippen LogP contribution in [0.3, 0.4) is 0 Å². The summed E-state index contributed by atoms with van der Waals surface area (Å²) in [6, 6.07) is 13.7. The van der Waals surface area contributed by atoms with E-state index >= 15 is 0 Å². The molecule has 0 saturated carbocycles. The van der Waals surface area contributed by atoms with Gasteiger partial charge in [-0.3, -0.25) is 4.79 Å². The molecular formula is C15H16N2O2. The molecule has 0 heterocycles. The van der Waals surface area contributed by atoms with Crippen LogP contribution in [0.25, 0.3) is 0 Å². The van der Waals surface area contributed by atoms with E-state index in [4.69, 9.17) is 5.73 Å². The predicted octanol–water partition coefficient (Wildman–Crippen LogP) is 2.25. The highest BCUT2D eigenvalue weighted by atomic mass is 16.3. The van der Waals surface area contributed by atoms with Crippen LogP contribution in [0, 0.1) is 0 Å². The zero-order valence-electron chi connectivity index (χ0n) is 10.7. The van der Waals surface area contributed by atoms with Gasteiger partial charge in [-0.15, -0.1) is 0 Å². The van der Waals surface area contributed by atoms with Crippen LogP contribution < -0.4 is 5.73 Å². The normalized spacial score (nSPS) is 10.2. The molecule has 0 atom stereocenters. The summed E-state index contributed by atoms with van der Waals surface area (Å²) in [5, 5.41) is 9.39. The third-order valence-electron chi connectivity index (χ3n) is 2.83. The van der Waals surface area contributed by atoms with Gasteiger partial charge in [-0.05, 0) is 42.0 Å². The van der Waals surface area contributed by atoms with Crippen LogP contribution in [-0.2, 0) is 6.54 Å². The van der Waals surface area contributed by atoms with E-state index in [-0.39, 0.29) is 11.7 Å². The highest BCUT2D eigenvalue weighted by Gasteiger charge is 2.11. The molecule has 0 aliphatic heterocycles. The molecule has 0 bridgehead atoms. The molecule has 0 spiro atoms. The Morgan fingerprint density at radius 1 is 1.21 bits per heavy atom. The number of nitrogen functional groups attached to an aromatic ring is 1. The number of nitrogens with zero attached hydrogens (tertiary/aromatic N) is 1. The van der Waals surface area contributed by atoms with E-state index < -0.39 is 0 Å². The van der Waals surface area contributed by atoms with E-state index in [1.807, 2.05) is 6.07 Å². The highest BCUT2D eigenvalue weighted by Crippen LogP contribution is 2.14. The quantitative estimate of drug-likeness (QED) is 0.828. The molecule has 19 heavy (non-hydrogen) atoms. The second-order valence-corrected chi connectivity index (χ2v) is 4.45. The summed E-state index contributed by atoms with van der Waals surface area (Å²) in [4.78, 5) is 13.8. The number of carbonyl (C=O) groups excluding carboxylic acids is 1. The van der Waals surface area contributed by atoms with Crippen LogP contribution in [0.15, 0.2) is 48.5 Å². The van der Waals surface area contributed by atoms with Gasteiger partial charge in [0.25, 0.3) is 5.91 Å². The zero-order chi connectivity index (χ0) is 13.8. The maximum Gasteiger partial charge on any atom is 0.253 e. The molecule has 0 saturated heterocycles. The lowest BCUT2D eigenvalue weighted by atomic mass is 10.1. The van der Waals surface area contributed by atoms with Gasteiger partial charge in [0.1, 0.15) is 5.75 Å². The second kappa shape index (κ2) is 5.44. The fourth-order valence-electron chi connectivity index (χ4n) is 1.85. The molecular weight excluding hydrogens is 240 g/mol. The molecule has 1 amide bonds. The fourth-order valence-corrected chi connectivity index (χ4v) is 1.85. The number of aromatic hydroxyl groups is 1. The van der Waals surface area contributed by atoms with Crippen molar-refractivity contribution in [3.05, 3.63) is 59.7 Å². The van der Waals surface area contributed by atoms with Crippen molar-refractivity contribution in [2.24, 2.45) is 0 Å². The highest BCUT2D eigenvalue weighted by molar-refractivity contribution is 5.94. The number of rotatable bonds is 3. The summed E-state index contributed by atoms with van der Waals surface area (Å²) in [5.74, 6) is 0.120. The lowest BCUT2D eigenvalue weighted by Crippen LogP contribution is -2.26. The number of phenolic OH excluding ortho intramolecular Hbond substituents is 1. The molecule has 4 heteroatoms. The van der Waals surface area contributed by atoms with Crippen LogP contribution in [0.2, 0.25) is 0 Å². The molecule has 2 rings (SSSR count). The second-order valence-electron chi connectivity index (χ2n) is 4.45. The molecule has 3 N–H and O–H groups in total. The first-order valence-corrected chi connectivity index (χ1v) is 5.95. The summed E-state index contributed by atoms with van der Waals surface area (Å²) >= 11 is 0. The van der Waals surface area contributed by atoms with Crippen LogP contribution in [0.4, 0.5) is 5.69 Å². The zero-order valence-corrected chi connectivity index (χ0v) is 10.7. The molecule has 0 radical (unpaired) electrons. The first kappa shape index (κ1) is 13.0. The number of nitrogens with two attached hydrogens (primary N) is 1. The average Bonchev–Trinajstić information content (AvgIpc) is 2.39. The summed E-state index contributed by atoms with van der Waals surface area (Å²) in [7, 11) is 1.72. The topological polar surface area (TPSA) is 66.6 Å². The minimum absolute atomic E-state index is 0.0802. The van der Waals surface area contributed by atoms with E-state index in [1.165, 1.54) is 0 Å². The van der Waals surface area contributed by atoms with Crippen molar-refractivity contribution in [2.75, 3.05) is 12.8 Å². The minimum atomic E-state index is -0.0802. The van der Waals surface area contributed by atoms with Crippen molar-refractivity contribution < 1.29 is 9.90 Å². The van der Waals surface area contributed by atoms with Crippen molar-refractivity contribution in [1.82, 2.24) is 4.90 Å². The molecule has 0 aliphatic carbocycles. The smallest absolute Gasteiger partial charge is 0.253 e. The van der Waals surface area contributed by atoms with Crippen LogP contribution in [-0.4, -0.2) is 23.0 Å². The maximum absolute atomic E-state index is 12.2. The Kier molecular flexibility index (Phi) is 3.71. The molecule has 2 aromatic rings. The van der Waals surface area contributed by atoms with Crippen molar-refractivity contribution in [3.8, 4) is 5.75 Å². The number of amides is 1. The number of anilines is 1. The molecule has 4 nitrogen and oxygen atoms in total. The summed E-state index contributed by atoms with van der Waals surface area (Å²) in [5.41, 5.74) is 7.70. The Hall–Kier alpha value is -2.49. The van der Waals surface area contributed by atoms with Crippen LogP contribution in [0.5, 0.6) is 5.75 Å². The standard InChI is InChI=1S/C15H16N2O2/c1-17(10-11-3-2-4-14(18)9-11)15(19)12-5-7-13(16)8-6-12/h2-9,18H,10,16H2,1H3. The van der Waals surface area contributed by atoms with Crippen molar-refractivity contribution in [3.63, 3.8) is 0 Å². The Morgan fingerprint density at radius 3 is 2.53 bits per heavy atom. The van der Waals surface area contributed by atoms with Crippen molar-refractivity contribution in [1.29, 1.82) is 0 Å². The van der Waals surface area contributed by atoms with Crippen LogP contribution in [0.1, 0.15) is 15.9 Å². The van der Waals surface area contributed by atoms with Gasteiger partial charge in [0, 0.05) is 24.8 Å². The number of carbonyl (C=O) groups is 1. The van der Waals surface area contributed by atoms with Gasteiger partial charge in [-0.25, -0.2) is 0 Å². The molecule has 0 aromatic heterocycles. The molecule has 2 aromatic carbocycles. The van der Waals surface area contributed by atoms with Gasteiger partial charge in [0.2, 0.25) is 0 Å². The number of benzene rings is 2. The lowest BCUT2D eigenvalue weighted by Gasteiger charge is -2.17. The van der Waals surface area contributed by atoms with Gasteiger partial charge in [0.05, 0.1) is 0 Å². The van der Waals surface area contributed by atoms with Crippen LogP contribution >= 0.6 is 0 Å². The van der Waals surface area contributed by atoms with Gasteiger partial charge in [0.15, 0.2) is 0 Å². The summed E-state index contributed by atoms with van der Waals surface area (Å²) in [6.45, 7) is 0.442. The third-order valence-corrected chi connectivity index (χ3v) is 2.83. The van der Waals surface area contributed by atoms with Gasteiger partial charge < -0.3 is 15.7 Å². The Labute approximate surface area is 112 Å². The third kappa shape index (κ3) is 3.25. The Morgan fingerprint density at radius 2 is 1.89 bits per heavy atom.